The average Bonchev–Trinajstić information content (AvgIpc) is 3.08. The number of H-pyrrole nitrogens is 1. The lowest BCUT2D eigenvalue weighted by Crippen LogP contribution is -2.16. The average molecular weight is 465 g/mol. The molecule has 2 aromatic carbocycles. The van der Waals surface area contributed by atoms with E-state index in [1.165, 1.54) is 0 Å². The van der Waals surface area contributed by atoms with Gasteiger partial charge in [0.1, 0.15) is 5.75 Å². The van der Waals surface area contributed by atoms with Gasteiger partial charge in [-0.3, -0.25) is 0 Å². The molecule has 0 aliphatic heterocycles. The highest BCUT2D eigenvalue weighted by atomic mass is 79.9. The van der Waals surface area contributed by atoms with Crippen LogP contribution in [0.3, 0.4) is 0 Å². The van der Waals surface area contributed by atoms with E-state index < -0.39 is 0 Å². The minimum absolute atomic E-state index is 0.456. The van der Waals surface area contributed by atoms with Gasteiger partial charge in [-0.15, -0.1) is 0 Å². The molecule has 3 aromatic rings. The van der Waals surface area contributed by atoms with Gasteiger partial charge in [-0.05, 0) is 64.9 Å². The number of para-hydroxylation sites is 1. The van der Waals surface area contributed by atoms with Crippen LogP contribution in [-0.2, 0) is 6.54 Å². The second-order valence-electron chi connectivity index (χ2n) is 5.76. The predicted molar refractivity (Wildman–Crippen MR) is 114 cm³/mol. The van der Waals surface area contributed by atoms with Crippen molar-refractivity contribution in [3.05, 3.63) is 51.2 Å². The molecular formula is C19H21BrN4O3S. The van der Waals surface area contributed by atoms with E-state index in [0.29, 0.717) is 41.0 Å². The monoisotopic (exact) mass is 464 g/mol. The first-order valence-corrected chi connectivity index (χ1v) is 9.83. The highest BCUT2D eigenvalue weighted by Gasteiger charge is 2.15. The van der Waals surface area contributed by atoms with Crippen LogP contribution < -0.4 is 19.6 Å². The predicted octanol–water partition coefficient (Wildman–Crippen LogP) is 4.53. The van der Waals surface area contributed by atoms with E-state index in [-0.39, 0.29) is 0 Å². The maximum Gasteiger partial charge on any atom is 0.214 e. The SMILES string of the molecule is CCOc1c(Br)cc(CNn2c(-c3ccccc3OC)n[nH]c2=S)cc1OC. The smallest absolute Gasteiger partial charge is 0.214 e. The summed E-state index contributed by atoms with van der Waals surface area (Å²) in [6.45, 7) is 2.98. The van der Waals surface area contributed by atoms with Crippen molar-refractivity contribution in [1.29, 1.82) is 0 Å². The van der Waals surface area contributed by atoms with Gasteiger partial charge in [-0.1, -0.05) is 12.1 Å². The van der Waals surface area contributed by atoms with E-state index in [1.807, 2.05) is 43.3 Å². The Hall–Kier alpha value is -2.52. The Labute approximate surface area is 176 Å². The van der Waals surface area contributed by atoms with Crippen LogP contribution in [0.25, 0.3) is 11.4 Å². The lowest BCUT2D eigenvalue weighted by atomic mass is 10.2. The van der Waals surface area contributed by atoms with Crippen molar-refractivity contribution >= 4 is 28.1 Å². The summed E-state index contributed by atoms with van der Waals surface area (Å²) in [7, 11) is 3.25. The summed E-state index contributed by atoms with van der Waals surface area (Å²) in [5.41, 5.74) is 5.12. The molecule has 7 nitrogen and oxygen atoms in total. The zero-order chi connectivity index (χ0) is 20.1. The summed E-state index contributed by atoms with van der Waals surface area (Å²) in [6.07, 6.45) is 0. The molecule has 0 saturated carbocycles. The molecule has 0 radical (unpaired) electrons. The third-order valence-corrected chi connectivity index (χ3v) is 4.90. The fourth-order valence-corrected chi connectivity index (χ4v) is 3.58. The number of rotatable bonds is 8. The summed E-state index contributed by atoms with van der Waals surface area (Å²) in [5.74, 6) is 2.70. The van der Waals surface area contributed by atoms with Crippen LogP contribution >= 0.6 is 28.1 Å². The third kappa shape index (κ3) is 4.15. The van der Waals surface area contributed by atoms with Gasteiger partial charge in [0.05, 0.1) is 37.4 Å². The van der Waals surface area contributed by atoms with Crippen molar-refractivity contribution in [2.24, 2.45) is 0 Å². The molecule has 0 amide bonds. The summed E-state index contributed by atoms with van der Waals surface area (Å²) in [6, 6.07) is 11.5. The minimum Gasteiger partial charge on any atom is -0.496 e. The Bertz CT molecular complexity index is 1020. The molecule has 0 fully saturated rings. The van der Waals surface area contributed by atoms with E-state index in [9.17, 15) is 0 Å². The Morgan fingerprint density at radius 1 is 1.18 bits per heavy atom. The normalized spacial score (nSPS) is 10.6. The highest BCUT2D eigenvalue weighted by Crippen LogP contribution is 2.36. The van der Waals surface area contributed by atoms with E-state index in [2.05, 4.69) is 31.6 Å². The second kappa shape index (κ2) is 9.11. The van der Waals surface area contributed by atoms with Gasteiger partial charge in [0.15, 0.2) is 17.3 Å². The highest BCUT2D eigenvalue weighted by molar-refractivity contribution is 9.10. The number of hydrogen-bond donors (Lipinski definition) is 2. The lowest BCUT2D eigenvalue weighted by molar-refractivity contribution is 0.308. The molecule has 0 spiro atoms. The van der Waals surface area contributed by atoms with E-state index in [0.717, 1.165) is 15.6 Å². The van der Waals surface area contributed by atoms with Crippen LogP contribution in [0, 0.1) is 4.77 Å². The summed E-state index contributed by atoms with van der Waals surface area (Å²) in [5, 5.41) is 7.17. The molecule has 3 rings (SSSR count). The maximum atomic E-state index is 5.64. The number of nitrogens with one attached hydrogen (secondary N) is 2. The van der Waals surface area contributed by atoms with Gasteiger partial charge in [-0.25, -0.2) is 9.77 Å². The molecule has 0 aliphatic carbocycles. The number of nitrogens with zero attached hydrogens (tertiary/aromatic N) is 2. The topological polar surface area (TPSA) is 73.3 Å². The number of ether oxygens (including phenoxy) is 3. The molecule has 28 heavy (non-hydrogen) atoms. The van der Waals surface area contributed by atoms with Gasteiger partial charge in [0.25, 0.3) is 0 Å². The quantitative estimate of drug-likeness (QED) is 0.477. The zero-order valence-electron chi connectivity index (χ0n) is 15.8. The molecule has 0 unspecified atom stereocenters. The largest absolute Gasteiger partial charge is 0.496 e. The van der Waals surface area contributed by atoms with Crippen molar-refractivity contribution in [1.82, 2.24) is 14.9 Å². The molecular weight excluding hydrogens is 444 g/mol. The van der Waals surface area contributed by atoms with Crippen LogP contribution in [0.4, 0.5) is 0 Å². The molecule has 1 aromatic heterocycles. The van der Waals surface area contributed by atoms with E-state index in [4.69, 9.17) is 26.4 Å². The number of benzene rings is 2. The van der Waals surface area contributed by atoms with Crippen molar-refractivity contribution < 1.29 is 14.2 Å². The fourth-order valence-electron chi connectivity index (χ4n) is 2.78. The minimum atomic E-state index is 0.456. The van der Waals surface area contributed by atoms with Gasteiger partial charge in [0.2, 0.25) is 4.77 Å². The van der Waals surface area contributed by atoms with E-state index >= 15 is 0 Å². The fraction of sp³-hybridized carbons (Fsp3) is 0.263. The van der Waals surface area contributed by atoms with Gasteiger partial charge in [-0.2, -0.15) is 5.10 Å². The number of methoxy groups -OCH3 is 2. The van der Waals surface area contributed by atoms with Gasteiger partial charge in [0, 0.05) is 0 Å². The first-order valence-electron chi connectivity index (χ1n) is 8.62. The number of halogens is 1. The zero-order valence-corrected chi connectivity index (χ0v) is 18.2. The van der Waals surface area contributed by atoms with Crippen molar-refractivity contribution in [3.63, 3.8) is 0 Å². The maximum absolute atomic E-state index is 5.64. The Morgan fingerprint density at radius 3 is 2.64 bits per heavy atom. The molecule has 148 valence electrons. The van der Waals surface area contributed by atoms with Crippen LogP contribution in [0.1, 0.15) is 12.5 Å². The van der Waals surface area contributed by atoms with Gasteiger partial charge < -0.3 is 19.6 Å². The number of aromatic nitrogens is 3. The lowest BCUT2D eigenvalue weighted by Gasteiger charge is -2.15. The molecule has 0 aliphatic rings. The summed E-state index contributed by atoms with van der Waals surface area (Å²) >= 11 is 8.93. The second-order valence-corrected chi connectivity index (χ2v) is 7.01. The Kier molecular flexibility index (Phi) is 6.58. The molecule has 9 heteroatoms. The number of hydrogen-bond acceptors (Lipinski definition) is 6. The molecule has 0 bridgehead atoms. The first kappa shape index (κ1) is 20.2. The molecule has 2 N–H and O–H groups in total. The van der Waals surface area contributed by atoms with Crippen molar-refractivity contribution in [3.8, 4) is 28.6 Å². The standard InChI is InChI=1S/C19H21BrN4O3S/c1-4-27-17-14(20)9-12(10-16(17)26-3)11-21-24-18(22-23-19(24)28)13-7-5-6-8-15(13)25-2/h5-10,21H,4,11H2,1-3H3,(H,23,28). The van der Waals surface area contributed by atoms with Crippen molar-refractivity contribution in [2.45, 2.75) is 13.5 Å². The first-order chi connectivity index (χ1) is 13.6. The Balaban J connectivity index is 1.89. The summed E-state index contributed by atoms with van der Waals surface area (Å²) < 4.78 is 19.6. The molecule has 0 atom stereocenters. The van der Waals surface area contributed by atoms with E-state index in [1.54, 1.807) is 18.9 Å². The summed E-state index contributed by atoms with van der Waals surface area (Å²) in [4.78, 5) is 0. The van der Waals surface area contributed by atoms with Gasteiger partial charge >= 0.3 is 0 Å². The third-order valence-electron chi connectivity index (χ3n) is 4.04. The van der Waals surface area contributed by atoms with Crippen LogP contribution in [0.15, 0.2) is 40.9 Å². The number of aromatic amines is 1. The van der Waals surface area contributed by atoms with Crippen LogP contribution in [0.5, 0.6) is 17.2 Å². The van der Waals surface area contributed by atoms with Crippen LogP contribution in [-0.4, -0.2) is 35.7 Å². The van der Waals surface area contributed by atoms with Crippen molar-refractivity contribution in [2.75, 3.05) is 26.3 Å². The molecule has 1 heterocycles. The van der Waals surface area contributed by atoms with Crippen LogP contribution in [0.2, 0.25) is 0 Å². The Morgan fingerprint density at radius 2 is 1.93 bits per heavy atom. The molecule has 0 saturated heterocycles.